The Hall–Kier alpha value is -1.66. The average Bonchev–Trinajstić information content (AvgIpc) is 3.14. The molecule has 1 aromatic heterocycles. The van der Waals surface area contributed by atoms with Crippen molar-refractivity contribution in [3.8, 4) is 0 Å². The van der Waals surface area contributed by atoms with Gasteiger partial charge >= 0.3 is 5.97 Å². The Morgan fingerprint density at radius 1 is 1.27 bits per heavy atom. The predicted octanol–water partition coefficient (Wildman–Crippen LogP) is 5.39. The summed E-state index contributed by atoms with van der Waals surface area (Å²) in [6.07, 6.45) is 13.2. The third kappa shape index (κ3) is 5.14. The molecule has 30 heavy (non-hydrogen) atoms. The van der Waals surface area contributed by atoms with Crippen LogP contribution in [0.25, 0.3) is 5.57 Å². The van der Waals surface area contributed by atoms with E-state index in [0.29, 0.717) is 11.5 Å². The van der Waals surface area contributed by atoms with E-state index in [9.17, 15) is 4.79 Å². The summed E-state index contributed by atoms with van der Waals surface area (Å²) in [5.41, 5.74) is 2.58. The van der Waals surface area contributed by atoms with Gasteiger partial charge in [0.15, 0.2) is 5.13 Å². The predicted molar refractivity (Wildman–Crippen MR) is 122 cm³/mol. The average molecular weight is 431 g/mol. The van der Waals surface area contributed by atoms with Crippen molar-refractivity contribution in [2.24, 2.45) is 17.3 Å². The van der Waals surface area contributed by atoms with Crippen molar-refractivity contribution in [1.29, 1.82) is 0 Å². The first-order valence-corrected chi connectivity index (χ1v) is 12.1. The van der Waals surface area contributed by atoms with Crippen molar-refractivity contribution in [3.63, 3.8) is 0 Å². The molecule has 4 rings (SSSR count). The van der Waals surface area contributed by atoms with E-state index < -0.39 is 5.97 Å². The first-order chi connectivity index (χ1) is 14.3. The largest absolute Gasteiger partial charge is 0.481 e. The van der Waals surface area contributed by atoms with Gasteiger partial charge in [-0.1, -0.05) is 39.0 Å². The second-order valence-electron chi connectivity index (χ2n) is 10.2. The lowest BCUT2D eigenvalue weighted by Gasteiger charge is -2.38. The fraction of sp³-hybridized carbons (Fsp3) is 0.667. The van der Waals surface area contributed by atoms with E-state index >= 15 is 0 Å². The number of aliphatic carboxylic acids is 1. The number of anilines is 1. The smallest absolute Gasteiger partial charge is 0.303 e. The number of carbonyl (C=O) groups is 1. The number of hydrogen-bond acceptors (Lipinski definition) is 5. The third-order valence-electron chi connectivity index (χ3n) is 6.81. The van der Waals surface area contributed by atoms with Crippen molar-refractivity contribution in [1.82, 2.24) is 4.98 Å². The molecule has 6 heteroatoms. The third-order valence-corrected chi connectivity index (χ3v) is 7.71. The van der Waals surface area contributed by atoms with Gasteiger partial charge in [-0.15, -0.1) is 11.3 Å². The van der Waals surface area contributed by atoms with Crippen molar-refractivity contribution in [2.75, 3.05) is 18.0 Å². The van der Waals surface area contributed by atoms with Crippen LogP contribution in [-0.2, 0) is 9.53 Å². The number of ether oxygens (including phenoxy) is 1. The summed E-state index contributed by atoms with van der Waals surface area (Å²) >= 11 is 1.64. The summed E-state index contributed by atoms with van der Waals surface area (Å²) in [7, 11) is 0. The number of thiazole rings is 1. The second kappa shape index (κ2) is 8.83. The maximum atomic E-state index is 10.8. The summed E-state index contributed by atoms with van der Waals surface area (Å²) in [4.78, 5) is 17.8. The Bertz CT molecular complexity index is 809. The van der Waals surface area contributed by atoms with Crippen LogP contribution in [0.15, 0.2) is 23.6 Å². The number of allylic oxidation sites excluding steroid dienone is 2. The van der Waals surface area contributed by atoms with E-state index in [1.165, 1.54) is 25.7 Å². The standard InChI is InChI=1S/C24H34N2O3S/c1-24(2,3)18-6-10-20(11-7-18)29-19-8-4-17(5-9-19)21-15-30-23(25-21)26-13-16(14-26)12-22(27)28/h4-5,8,15-16,18-20H,6-7,9-14H2,1-3H3,(H,27,28). The summed E-state index contributed by atoms with van der Waals surface area (Å²) in [5, 5.41) is 12.0. The molecular formula is C24H34N2O3S. The molecule has 0 spiro atoms. The Balaban J connectivity index is 1.24. The van der Waals surface area contributed by atoms with Crippen LogP contribution in [0.4, 0.5) is 5.13 Å². The number of nitrogens with zero attached hydrogens (tertiary/aromatic N) is 2. The van der Waals surface area contributed by atoms with E-state index in [2.05, 4.69) is 49.3 Å². The maximum Gasteiger partial charge on any atom is 0.303 e. The fourth-order valence-corrected chi connectivity index (χ4v) is 5.70. The molecule has 1 aliphatic heterocycles. The van der Waals surface area contributed by atoms with Gasteiger partial charge in [0.25, 0.3) is 0 Å². The Morgan fingerprint density at radius 2 is 2.00 bits per heavy atom. The number of carboxylic acids is 1. The van der Waals surface area contributed by atoms with Crippen LogP contribution in [0.2, 0.25) is 0 Å². The normalized spacial score (nSPS) is 27.6. The van der Waals surface area contributed by atoms with E-state index in [1.807, 2.05) is 0 Å². The fourth-order valence-electron chi connectivity index (χ4n) is 4.85. The molecule has 2 heterocycles. The van der Waals surface area contributed by atoms with Gasteiger partial charge in [0, 0.05) is 24.4 Å². The number of hydrogen-bond donors (Lipinski definition) is 1. The van der Waals surface area contributed by atoms with Gasteiger partial charge < -0.3 is 14.7 Å². The van der Waals surface area contributed by atoms with Crippen LogP contribution in [-0.4, -0.2) is 41.4 Å². The van der Waals surface area contributed by atoms with Gasteiger partial charge in [-0.3, -0.25) is 4.79 Å². The van der Waals surface area contributed by atoms with E-state index in [0.717, 1.165) is 41.8 Å². The highest BCUT2D eigenvalue weighted by Gasteiger charge is 2.32. The SMILES string of the molecule is CC(C)(C)C1CCC(OC2C=CC(c3csc(N4CC(CC(=O)O)C4)n3)=CC2)CC1. The molecule has 1 aromatic rings. The van der Waals surface area contributed by atoms with Crippen LogP contribution in [0.5, 0.6) is 0 Å². The zero-order valence-corrected chi connectivity index (χ0v) is 19.2. The first kappa shape index (κ1) is 21.6. The molecule has 5 nitrogen and oxygen atoms in total. The van der Waals surface area contributed by atoms with Crippen LogP contribution < -0.4 is 4.90 Å². The van der Waals surface area contributed by atoms with Gasteiger partial charge in [-0.25, -0.2) is 4.98 Å². The highest BCUT2D eigenvalue weighted by Crippen LogP contribution is 2.39. The number of carboxylic acid groups (broad SMARTS) is 1. The highest BCUT2D eigenvalue weighted by molar-refractivity contribution is 7.13. The Morgan fingerprint density at radius 3 is 2.60 bits per heavy atom. The van der Waals surface area contributed by atoms with Crippen LogP contribution in [0, 0.1) is 17.3 Å². The topological polar surface area (TPSA) is 62.7 Å². The van der Waals surface area contributed by atoms with E-state index in [1.54, 1.807) is 11.3 Å². The second-order valence-corrected chi connectivity index (χ2v) is 11.0. The molecule has 2 aliphatic carbocycles. The molecule has 164 valence electrons. The van der Waals surface area contributed by atoms with Gasteiger partial charge in [0.05, 0.1) is 24.3 Å². The molecule has 0 aromatic carbocycles. The molecule has 1 atom stereocenters. The minimum Gasteiger partial charge on any atom is -0.481 e. The van der Waals surface area contributed by atoms with E-state index in [4.69, 9.17) is 14.8 Å². The molecule has 0 radical (unpaired) electrons. The summed E-state index contributed by atoms with van der Waals surface area (Å²) in [6, 6.07) is 0. The van der Waals surface area contributed by atoms with Crippen molar-refractivity contribution in [2.45, 2.75) is 71.5 Å². The molecule has 1 unspecified atom stereocenters. The summed E-state index contributed by atoms with van der Waals surface area (Å²) in [5.74, 6) is 0.353. The molecule has 3 aliphatic rings. The Labute approximate surface area is 183 Å². The lowest BCUT2D eigenvalue weighted by atomic mass is 9.72. The zero-order valence-electron chi connectivity index (χ0n) is 18.3. The molecule has 0 bridgehead atoms. The van der Waals surface area contributed by atoms with E-state index in [-0.39, 0.29) is 18.4 Å². The molecule has 1 N–H and O–H groups in total. The number of aromatic nitrogens is 1. The quantitative estimate of drug-likeness (QED) is 0.656. The highest BCUT2D eigenvalue weighted by atomic mass is 32.1. The van der Waals surface area contributed by atoms with Crippen LogP contribution in [0.1, 0.15) is 65.0 Å². The van der Waals surface area contributed by atoms with Gasteiger partial charge in [0.2, 0.25) is 0 Å². The lowest BCUT2D eigenvalue weighted by molar-refractivity contribution is -0.138. The van der Waals surface area contributed by atoms with Gasteiger partial charge in [-0.05, 0) is 49.0 Å². The minimum absolute atomic E-state index is 0.176. The van der Waals surface area contributed by atoms with Gasteiger partial charge in [-0.2, -0.15) is 0 Å². The monoisotopic (exact) mass is 430 g/mol. The molecule has 0 amide bonds. The molecule has 2 fully saturated rings. The zero-order chi connectivity index (χ0) is 21.3. The first-order valence-electron chi connectivity index (χ1n) is 11.2. The maximum absolute atomic E-state index is 10.8. The van der Waals surface area contributed by atoms with Crippen molar-refractivity contribution >= 4 is 28.0 Å². The summed E-state index contributed by atoms with van der Waals surface area (Å²) < 4.78 is 6.39. The van der Waals surface area contributed by atoms with Gasteiger partial charge in [0.1, 0.15) is 0 Å². The molecule has 1 saturated heterocycles. The Kier molecular flexibility index (Phi) is 6.35. The lowest BCUT2D eigenvalue weighted by Crippen LogP contribution is -2.47. The minimum atomic E-state index is -0.712. The number of rotatable bonds is 6. The van der Waals surface area contributed by atoms with Crippen LogP contribution in [0.3, 0.4) is 0 Å². The molecule has 1 saturated carbocycles. The summed E-state index contributed by atoms with van der Waals surface area (Å²) in [6.45, 7) is 8.66. The van der Waals surface area contributed by atoms with Crippen molar-refractivity contribution < 1.29 is 14.6 Å². The van der Waals surface area contributed by atoms with Crippen molar-refractivity contribution in [3.05, 3.63) is 29.3 Å². The van der Waals surface area contributed by atoms with Crippen LogP contribution >= 0.6 is 11.3 Å². The molecular weight excluding hydrogens is 396 g/mol.